The standard InChI is InChI=1S/C21H24N4O5/c1-13(11-20(27)23-17-8-6-16(7-9-17)22-14(2)26)24-25-21(28)15-5-10-18(29-3)19(12-15)30-4/h5-10,12H,11H2,1-4H3,(H,22,26)(H,23,27)(H,25,28)/b24-13+. The van der Waals surface area contributed by atoms with Gasteiger partial charge in [0, 0.05) is 29.6 Å². The summed E-state index contributed by atoms with van der Waals surface area (Å²) in [6, 6.07) is 11.5. The first-order valence-electron chi connectivity index (χ1n) is 9.05. The molecule has 0 saturated heterocycles. The van der Waals surface area contributed by atoms with Gasteiger partial charge in [-0.15, -0.1) is 0 Å². The van der Waals surface area contributed by atoms with Crippen LogP contribution in [0, 0.1) is 0 Å². The summed E-state index contributed by atoms with van der Waals surface area (Å²) in [7, 11) is 2.99. The number of amides is 3. The van der Waals surface area contributed by atoms with Crippen molar-refractivity contribution in [1.82, 2.24) is 5.43 Å². The van der Waals surface area contributed by atoms with Crippen LogP contribution in [0.2, 0.25) is 0 Å². The highest BCUT2D eigenvalue weighted by molar-refractivity contribution is 6.06. The number of nitrogens with zero attached hydrogens (tertiary/aromatic N) is 1. The lowest BCUT2D eigenvalue weighted by Crippen LogP contribution is -2.21. The van der Waals surface area contributed by atoms with Crippen molar-refractivity contribution in [2.24, 2.45) is 5.10 Å². The molecule has 2 aromatic carbocycles. The minimum Gasteiger partial charge on any atom is -0.493 e. The summed E-state index contributed by atoms with van der Waals surface area (Å²) in [5.41, 5.74) is 4.40. The molecule has 158 valence electrons. The highest BCUT2D eigenvalue weighted by Crippen LogP contribution is 2.27. The Morgan fingerprint density at radius 3 is 2.03 bits per heavy atom. The predicted octanol–water partition coefficient (Wildman–Crippen LogP) is 2.80. The largest absolute Gasteiger partial charge is 0.493 e. The molecule has 0 atom stereocenters. The summed E-state index contributed by atoms with van der Waals surface area (Å²) in [6.07, 6.45) is -0.000336. The van der Waals surface area contributed by atoms with Crippen LogP contribution in [0.4, 0.5) is 11.4 Å². The maximum Gasteiger partial charge on any atom is 0.271 e. The molecule has 2 rings (SSSR count). The van der Waals surface area contributed by atoms with E-state index in [2.05, 4.69) is 21.2 Å². The molecule has 0 fully saturated rings. The van der Waals surface area contributed by atoms with Crippen LogP contribution in [0.25, 0.3) is 0 Å². The topological polar surface area (TPSA) is 118 Å². The molecule has 0 bridgehead atoms. The molecule has 0 saturated carbocycles. The van der Waals surface area contributed by atoms with Gasteiger partial charge in [-0.05, 0) is 49.4 Å². The van der Waals surface area contributed by atoms with Crippen LogP contribution < -0.4 is 25.5 Å². The Bertz CT molecular complexity index is 954. The number of rotatable bonds is 8. The van der Waals surface area contributed by atoms with Crippen LogP contribution in [0.5, 0.6) is 11.5 Å². The first-order chi connectivity index (χ1) is 14.3. The Morgan fingerprint density at radius 1 is 0.867 bits per heavy atom. The van der Waals surface area contributed by atoms with Gasteiger partial charge in [0.05, 0.1) is 20.6 Å². The number of hydrogen-bond acceptors (Lipinski definition) is 6. The number of anilines is 2. The van der Waals surface area contributed by atoms with Gasteiger partial charge in [-0.1, -0.05) is 0 Å². The molecule has 0 unspecified atom stereocenters. The highest BCUT2D eigenvalue weighted by Gasteiger charge is 2.11. The molecule has 0 radical (unpaired) electrons. The molecule has 3 amide bonds. The van der Waals surface area contributed by atoms with Gasteiger partial charge in [0.15, 0.2) is 11.5 Å². The fraction of sp³-hybridized carbons (Fsp3) is 0.238. The third-order valence-electron chi connectivity index (χ3n) is 3.90. The minimum absolute atomic E-state index is 0.000336. The molecule has 30 heavy (non-hydrogen) atoms. The number of ether oxygens (including phenoxy) is 2. The number of methoxy groups -OCH3 is 2. The number of hydrogen-bond donors (Lipinski definition) is 3. The van der Waals surface area contributed by atoms with E-state index in [0.29, 0.717) is 34.1 Å². The summed E-state index contributed by atoms with van der Waals surface area (Å²) in [4.78, 5) is 35.4. The number of carbonyl (C=O) groups is 3. The average Bonchev–Trinajstić information content (AvgIpc) is 2.72. The van der Waals surface area contributed by atoms with E-state index in [1.807, 2.05) is 0 Å². The Balaban J connectivity index is 1.90. The van der Waals surface area contributed by atoms with Crippen LogP contribution in [-0.4, -0.2) is 37.7 Å². The number of hydrazone groups is 1. The summed E-state index contributed by atoms with van der Waals surface area (Å²) >= 11 is 0. The van der Waals surface area contributed by atoms with Crippen molar-refractivity contribution in [3.8, 4) is 11.5 Å². The third kappa shape index (κ3) is 6.62. The molecule has 9 nitrogen and oxygen atoms in total. The summed E-state index contributed by atoms with van der Waals surface area (Å²) in [5, 5.41) is 9.33. The lowest BCUT2D eigenvalue weighted by Gasteiger charge is -2.09. The first kappa shape index (κ1) is 22.4. The molecular formula is C21H24N4O5. The van der Waals surface area contributed by atoms with Crippen molar-refractivity contribution in [3.05, 3.63) is 48.0 Å². The van der Waals surface area contributed by atoms with Gasteiger partial charge >= 0.3 is 0 Å². The van der Waals surface area contributed by atoms with E-state index in [0.717, 1.165) is 0 Å². The van der Waals surface area contributed by atoms with E-state index in [-0.39, 0.29) is 18.2 Å². The quantitative estimate of drug-likeness (QED) is 0.455. The Hall–Kier alpha value is -3.88. The van der Waals surface area contributed by atoms with E-state index >= 15 is 0 Å². The van der Waals surface area contributed by atoms with Crippen LogP contribution in [0.15, 0.2) is 47.6 Å². The monoisotopic (exact) mass is 412 g/mol. The number of carbonyl (C=O) groups excluding carboxylic acids is 3. The fourth-order valence-electron chi connectivity index (χ4n) is 2.51. The number of benzene rings is 2. The second kappa shape index (κ2) is 10.6. The Morgan fingerprint density at radius 2 is 1.47 bits per heavy atom. The molecule has 0 aromatic heterocycles. The van der Waals surface area contributed by atoms with Crippen molar-refractivity contribution >= 4 is 34.8 Å². The molecule has 0 heterocycles. The minimum atomic E-state index is -0.440. The van der Waals surface area contributed by atoms with Crippen molar-refractivity contribution in [3.63, 3.8) is 0 Å². The van der Waals surface area contributed by atoms with Gasteiger partial charge < -0.3 is 20.1 Å². The Labute approximate surface area is 174 Å². The maximum atomic E-state index is 12.3. The summed E-state index contributed by atoms with van der Waals surface area (Å²) in [5.74, 6) is 0.0344. The van der Waals surface area contributed by atoms with Gasteiger partial charge in [-0.3, -0.25) is 14.4 Å². The molecular weight excluding hydrogens is 388 g/mol. The van der Waals surface area contributed by atoms with E-state index in [9.17, 15) is 14.4 Å². The van der Waals surface area contributed by atoms with Gasteiger partial charge in [0.25, 0.3) is 5.91 Å². The molecule has 0 aliphatic carbocycles. The third-order valence-corrected chi connectivity index (χ3v) is 3.90. The zero-order chi connectivity index (χ0) is 22.1. The molecule has 3 N–H and O–H groups in total. The van der Waals surface area contributed by atoms with Crippen LogP contribution in [-0.2, 0) is 9.59 Å². The van der Waals surface area contributed by atoms with Gasteiger partial charge in [-0.2, -0.15) is 5.10 Å². The SMILES string of the molecule is COc1ccc(C(=O)N/N=C(\C)CC(=O)Nc2ccc(NC(C)=O)cc2)cc1OC. The fourth-order valence-corrected chi connectivity index (χ4v) is 2.51. The van der Waals surface area contributed by atoms with Crippen molar-refractivity contribution in [2.45, 2.75) is 20.3 Å². The predicted molar refractivity (Wildman–Crippen MR) is 114 cm³/mol. The van der Waals surface area contributed by atoms with E-state index in [1.54, 1.807) is 43.3 Å². The molecule has 9 heteroatoms. The van der Waals surface area contributed by atoms with E-state index in [1.165, 1.54) is 27.2 Å². The number of nitrogens with one attached hydrogen (secondary N) is 3. The average molecular weight is 412 g/mol. The van der Waals surface area contributed by atoms with E-state index in [4.69, 9.17) is 9.47 Å². The molecule has 2 aromatic rings. The smallest absolute Gasteiger partial charge is 0.271 e. The van der Waals surface area contributed by atoms with Gasteiger partial charge in [0.2, 0.25) is 11.8 Å². The Kier molecular flexibility index (Phi) is 7.92. The van der Waals surface area contributed by atoms with Crippen LogP contribution in [0.3, 0.4) is 0 Å². The van der Waals surface area contributed by atoms with Gasteiger partial charge in [0.1, 0.15) is 0 Å². The van der Waals surface area contributed by atoms with Crippen molar-refractivity contribution in [1.29, 1.82) is 0 Å². The van der Waals surface area contributed by atoms with Crippen LogP contribution >= 0.6 is 0 Å². The van der Waals surface area contributed by atoms with Crippen LogP contribution in [0.1, 0.15) is 30.6 Å². The molecule has 0 aliphatic heterocycles. The normalized spacial score (nSPS) is 10.7. The van der Waals surface area contributed by atoms with E-state index < -0.39 is 5.91 Å². The zero-order valence-electron chi connectivity index (χ0n) is 17.2. The second-order valence-corrected chi connectivity index (χ2v) is 6.34. The lowest BCUT2D eigenvalue weighted by molar-refractivity contribution is -0.115. The van der Waals surface area contributed by atoms with Crippen molar-refractivity contribution in [2.75, 3.05) is 24.9 Å². The molecule has 0 aliphatic rings. The second-order valence-electron chi connectivity index (χ2n) is 6.34. The summed E-state index contributed by atoms with van der Waals surface area (Å²) in [6.45, 7) is 3.05. The van der Waals surface area contributed by atoms with Crippen molar-refractivity contribution < 1.29 is 23.9 Å². The lowest BCUT2D eigenvalue weighted by atomic mass is 10.2. The first-order valence-corrected chi connectivity index (χ1v) is 9.05. The summed E-state index contributed by atoms with van der Waals surface area (Å²) < 4.78 is 10.3. The molecule has 0 spiro atoms. The van der Waals surface area contributed by atoms with Gasteiger partial charge in [-0.25, -0.2) is 5.43 Å². The maximum absolute atomic E-state index is 12.3. The highest BCUT2D eigenvalue weighted by atomic mass is 16.5. The zero-order valence-corrected chi connectivity index (χ0v) is 17.2.